The summed E-state index contributed by atoms with van der Waals surface area (Å²) in [4.78, 5) is 41.6. The van der Waals surface area contributed by atoms with E-state index in [-0.39, 0.29) is 18.1 Å². The number of nitrogens with two attached hydrogens (primary N) is 2. The number of fused-ring (bicyclic) bond motifs is 1. The molecule has 3 aromatic carbocycles. The summed E-state index contributed by atoms with van der Waals surface area (Å²) in [6.45, 7) is 6.38. The minimum atomic E-state index is -0.452. The van der Waals surface area contributed by atoms with Gasteiger partial charge in [0.2, 0.25) is 5.91 Å². The summed E-state index contributed by atoms with van der Waals surface area (Å²) in [6, 6.07) is 18.5. The maximum atomic E-state index is 12.3. The molecule has 1 saturated carbocycles. The highest BCUT2D eigenvalue weighted by Gasteiger charge is 2.25. The minimum absolute atomic E-state index is 0.148. The number of ether oxygens (including phenoxy) is 2. The van der Waals surface area contributed by atoms with Crippen LogP contribution in [0.5, 0.6) is 5.75 Å². The SMILES string of the molecule is CN1CCC(Oc2cccc(-c3onc4ccc(/C(=N/N)NN)cc34)c2)CC1.CNC(=O)C(CCC=O)N(C)Cc1cc(C#CCOC2CCN(CC3CCCCC3)CC2)ccc1C=O. The van der Waals surface area contributed by atoms with Gasteiger partial charge in [0.25, 0.3) is 0 Å². The number of rotatable bonds is 16. The molecule has 7 rings (SSSR count). The summed E-state index contributed by atoms with van der Waals surface area (Å²) in [6.07, 6.45) is 14.1. The first-order chi connectivity index (χ1) is 31.7. The van der Waals surface area contributed by atoms with Crippen LogP contribution in [0.4, 0.5) is 0 Å². The van der Waals surface area contributed by atoms with E-state index in [1.165, 1.54) is 38.6 Å². The molecule has 3 aliphatic rings. The van der Waals surface area contributed by atoms with E-state index in [4.69, 9.17) is 25.7 Å². The molecule has 1 aliphatic carbocycles. The van der Waals surface area contributed by atoms with Gasteiger partial charge in [-0.05, 0) is 113 Å². The molecule has 2 saturated heterocycles. The largest absolute Gasteiger partial charge is 0.490 e. The van der Waals surface area contributed by atoms with Crippen LogP contribution in [0.15, 0.2) is 70.3 Å². The van der Waals surface area contributed by atoms with Crippen LogP contribution in [0.3, 0.4) is 0 Å². The van der Waals surface area contributed by atoms with Gasteiger partial charge in [0.15, 0.2) is 11.6 Å². The van der Waals surface area contributed by atoms with E-state index >= 15 is 0 Å². The van der Waals surface area contributed by atoms with Crippen molar-refractivity contribution in [1.29, 1.82) is 0 Å². The molecule has 1 unspecified atom stereocenters. The number of hydrazone groups is 1. The van der Waals surface area contributed by atoms with Gasteiger partial charge in [0.1, 0.15) is 36.5 Å². The Morgan fingerprint density at radius 2 is 1.77 bits per heavy atom. The second-order valence-electron chi connectivity index (χ2n) is 17.5. The lowest BCUT2D eigenvalue weighted by Gasteiger charge is -2.35. The van der Waals surface area contributed by atoms with Crippen LogP contribution < -0.4 is 27.2 Å². The van der Waals surface area contributed by atoms with Gasteiger partial charge < -0.3 is 45.2 Å². The van der Waals surface area contributed by atoms with Gasteiger partial charge >= 0.3 is 0 Å². The normalized spacial score (nSPS) is 17.4. The van der Waals surface area contributed by atoms with Crippen LogP contribution in [0.2, 0.25) is 0 Å². The van der Waals surface area contributed by atoms with Crippen molar-refractivity contribution in [1.82, 2.24) is 30.6 Å². The van der Waals surface area contributed by atoms with Crippen molar-refractivity contribution in [3.8, 4) is 28.9 Å². The van der Waals surface area contributed by atoms with Crippen molar-refractivity contribution in [2.75, 3.05) is 60.5 Å². The van der Waals surface area contributed by atoms with Gasteiger partial charge in [0, 0.05) is 75.0 Å². The van der Waals surface area contributed by atoms with Gasteiger partial charge in [-0.1, -0.05) is 54.5 Å². The maximum absolute atomic E-state index is 12.3. The Balaban J connectivity index is 0.000000223. The number of carbonyl (C=O) groups excluding carboxylic acids is 3. The molecule has 1 amide bonds. The number of aldehydes is 2. The fraction of sp³-hybridized carbons (Fsp3) is 0.500. The Morgan fingerprint density at radius 1 is 1.00 bits per heavy atom. The molecule has 15 nitrogen and oxygen atoms in total. The molecule has 3 heterocycles. The average Bonchev–Trinajstić information content (AvgIpc) is 3.76. The van der Waals surface area contributed by atoms with Crippen molar-refractivity contribution < 1.29 is 28.4 Å². The number of nitrogens with zero attached hydrogens (tertiary/aromatic N) is 5. The molecule has 65 heavy (non-hydrogen) atoms. The summed E-state index contributed by atoms with van der Waals surface area (Å²) in [5.41, 5.74) is 7.07. The lowest BCUT2D eigenvalue weighted by atomic mass is 9.88. The Hall–Kier alpha value is -5.63. The standard InChI is InChI=1S/C30H43N3O4.C20H24N6O2/c1-31-30(36)29(11-6-18-34)32(2)22-27-20-24(12-13-26(27)23-35)10-7-19-37-28-14-16-33(17-15-28)21-25-8-4-3-5-9-25;1-26-9-7-15(8-10-26)27-16-4-2-3-13(11-16)19-17-12-14(20(23-21)24-22)5-6-18(17)25-28-19/h12-13,18,20,23,25,28-29H,3-6,8-9,11,14-17,19,21-22H2,1-2H3,(H,31,36);2-6,11-12,15H,7-10,21-22H2,1H3,(H,23,24). The molecule has 1 aromatic heterocycles. The van der Waals surface area contributed by atoms with E-state index in [9.17, 15) is 14.4 Å². The monoisotopic (exact) mass is 890 g/mol. The zero-order valence-corrected chi connectivity index (χ0v) is 38.3. The number of hydrazine groups is 1. The highest BCUT2D eigenvalue weighted by atomic mass is 16.5. The smallest absolute Gasteiger partial charge is 0.237 e. The summed E-state index contributed by atoms with van der Waals surface area (Å²) in [5.74, 6) is 19.8. The Kier molecular flexibility index (Phi) is 18.9. The predicted octanol–water partition coefficient (Wildman–Crippen LogP) is 5.49. The third kappa shape index (κ3) is 14.2. The summed E-state index contributed by atoms with van der Waals surface area (Å²) in [7, 11) is 5.55. The number of aromatic nitrogens is 1. The number of carbonyl (C=O) groups is 3. The lowest BCUT2D eigenvalue weighted by Crippen LogP contribution is -2.43. The van der Waals surface area contributed by atoms with Crippen molar-refractivity contribution >= 4 is 35.2 Å². The van der Waals surface area contributed by atoms with E-state index in [1.54, 1.807) is 13.1 Å². The number of amidine groups is 1. The average molecular weight is 890 g/mol. The van der Waals surface area contributed by atoms with Crippen LogP contribution in [-0.2, 0) is 20.9 Å². The molecule has 3 fully saturated rings. The van der Waals surface area contributed by atoms with E-state index < -0.39 is 6.04 Å². The van der Waals surface area contributed by atoms with Crippen LogP contribution in [-0.4, -0.2) is 123 Å². The highest BCUT2D eigenvalue weighted by Crippen LogP contribution is 2.32. The quantitative estimate of drug-likeness (QED) is 0.0276. The molecule has 0 bridgehead atoms. The van der Waals surface area contributed by atoms with Gasteiger partial charge in [-0.3, -0.25) is 14.5 Å². The Labute approximate surface area is 383 Å². The fourth-order valence-electron chi connectivity index (χ4n) is 9.05. The third-order valence-corrected chi connectivity index (χ3v) is 12.8. The van der Waals surface area contributed by atoms with Crippen molar-refractivity contribution in [3.63, 3.8) is 0 Å². The minimum Gasteiger partial charge on any atom is -0.490 e. The molecule has 4 aromatic rings. The lowest BCUT2D eigenvalue weighted by molar-refractivity contribution is -0.126. The van der Waals surface area contributed by atoms with Crippen molar-refractivity contribution in [2.45, 2.75) is 95.4 Å². The first-order valence-electron chi connectivity index (χ1n) is 23.1. The maximum Gasteiger partial charge on any atom is 0.237 e. The van der Waals surface area contributed by atoms with E-state index in [0.29, 0.717) is 43.2 Å². The number of hydrogen-bond donors (Lipinski definition) is 4. The first-order valence-corrected chi connectivity index (χ1v) is 23.1. The number of hydrogen-bond acceptors (Lipinski definition) is 13. The Morgan fingerprint density at radius 3 is 2.48 bits per heavy atom. The van der Waals surface area contributed by atoms with Gasteiger partial charge in [0.05, 0.1) is 17.5 Å². The summed E-state index contributed by atoms with van der Waals surface area (Å²) >= 11 is 0. The molecule has 15 heteroatoms. The summed E-state index contributed by atoms with van der Waals surface area (Å²) in [5, 5.41) is 11.3. The molecule has 6 N–H and O–H groups in total. The number of benzene rings is 3. The zero-order chi connectivity index (χ0) is 46.0. The fourth-order valence-corrected chi connectivity index (χ4v) is 9.05. The van der Waals surface area contributed by atoms with E-state index in [1.807, 2.05) is 66.5 Å². The number of nitrogens with one attached hydrogen (secondary N) is 2. The zero-order valence-electron chi connectivity index (χ0n) is 38.3. The molecule has 1 atom stereocenters. The molecular formula is C50H67N9O6. The molecular weight excluding hydrogens is 823 g/mol. The van der Waals surface area contributed by atoms with Gasteiger partial charge in [-0.25, -0.2) is 5.84 Å². The van der Waals surface area contributed by atoms with E-state index in [2.05, 4.69) is 49.7 Å². The van der Waals surface area contributed by atoms with Crippen LogP contribution in [0, 0.1) is 17.8 Å². The first kappa shape index (κ1) is 48.8. The number of likely N-dealkylation sites (N-methyl/N-ethyl adjacent to an activating group) is 2. The summed E-state index contributed by atoms with van der Waals surface area (Å²) < 4.78 is 17.9. The molecule has 2 aliphatic heterocycles. The number of likely N-dealkylation sites (tertiary alicyclic amines) is 2. The van der Waals surface area contributed by atoms with Crippen molar-refractivity contribution in [3.05, 3.63) is 82.9 Å². The van der Waals surface area contributed by atoms with E-state index in [0.717, 1.165) is 109 Å². The predicted molar refractivity (Wildman–Crippen MR) is 254 cm³/mol. The number of piperidine rings is 2. The second-order valence-corrected chi connectivity index (χ2v) is 17.5. The van der Waals surface area contributed by atoms with Crippen LogP contribution in [0.1, 0.15) is 97.7 Å². The van der Waals surface area contributed by atoms with Crippen LogP contribution in [0.25, 0.3) is 22.2 Å². The number of amides is 1. The molecule has 0 radical (unpaired) electrons. The molecule has 348 valence electrons. The topological polar surface area (TPSA) is 194 Å². The van der Waals surface area contributed by atoms with Gasteiger partial charge in [-0.2, -0.15) is 5.10 Å². The van der Waals surface area contributed by atoms with Gasteiger partial charge in [-0.15, -0.1) is 0 Å². The molecule has 0 spiro atoms. The van der Waals surface area contributed by atoms with Crippen LogP contribution >= 0.6 is 0 Å². The highest BCUT2D eigenvalue weighted by molar-refractivity contribution is 6.03. The second kappa shape index (κ2) is 25.2. The van der Waals surface area contributed by atoms with Crippen molar-refractivity contribution in [2.24, 2.45) is 22.7 Å². The Bertz CT molecular complexity index is 2250. The third-order valence-electron chi connectivity index (χ3n) is 12.8.